The van der Waals surface area contributed by atoms with Gasteiger partial charge in [-0.25, -0.2) is 0 Å². The molecule has 0 N–H and O–H groups in total. The van der Waals surface area contributed by atoms with E-state index in [1.165, 1.54) is 77.0 Å². The zero-order valence-electron chi connectivity index (χ0n) is 10.9. The van der Waals surface area contributed by atoms with Crippen molar-refractivity contribution in [1.29, 1.82) is 0 Å². The second-order valence-electron chi connectivity index (χ2n) is 6.05. The van der Waals surface area contributed by atoms with E-state index in [0.717, 1.165) is 9.50 Å². The van der Waals surface area contributed by atoms with Gasteiger partial charge < -0.3 is 0 Å². The molecule has 2 fully saturated rings. The normalized spacial score (nSPS) is 26.5. The summed E-state index contributed by atoms with van der Waals surface area (Å²) >= 11 is -2.58. The molecule has 2 saturated carbocycles. The molecule has 0 atom stereocenters. The van der Waals surface area contributed by atoms with Gasteiger partial charge in [0.2, 0.25) is 0 Å². The Hall–Kier alpha value is 1.12. The van der Waals surface area contributed by atoms with E-state index < -0.39 is 11.4 Å². The maximum atomic E-state index is 6.99. The number of halogens is 2. The van der Waals surface area contributed by atoms with Crippen molar-refractivity contribution in [2.45, 2.75) is 86.6 Å². The van der Waals surface area contributed by atoms with E-state index in [1.54, 1.807) is 0 Å². The van der Waals surface area contributed by atoms with Crippen molar-refractivity contribution in [2.75, 3.05) is 0 Å². The Morgan fingerprint density at radius 2 is 0.824 bits per heavy atom. The van der Waals surface area contributed by atoms with E-state index in [4.69, 9.17) is 20.0 Å². The Bertz CT molecular complexity index is 192. The third-order valence-electron chi connectivity index (χ3n) is 4.80. The molecule has 0 aromatic rings. The first kappa shape index (κ1) is 14.5. The molecule has 0 bridgehead atoms. The molecule has 0 aromatic carbocycles. The van der Waals surface area contributed by atoms with Gasteiger partial charge in [-0.1, -0.05) is 0 Å². The number of rotatable bonds is 2. The van der Waals surface area contributed by atoms with Crippen LogP contribution >= 0.6 is 20.0 Å². The van der Waals surface area contributed by atoms with Crippen molar-refractivity contribution in [3.8, 4) is 0 Å². The van der Waals surface area contributed by atoms with E-state index in [1.807, 2.05) is 0 Å². The van der Waals surface area contributed by atoms with Crippen LogP contribution in [0, 0.1) is 0 Å². The van der Waals surface area contributed by atoms with Gasteiger partial charge in [0.05, 0.1) is 0 Å². The van der Waals surface area contributed by atoms with Crippen molar-refractivity contribution >= 4 is 31.4 Å². The van der Waals surface area contributed by atoms with Crippen LogP contribution in [0.25, 0.3) is 0 Å². The van der Waals surface area contributed by atoms with Crippen molar-refractivity contribution in [3.05, 3.63) is 0 Å². The molecule has 3 heteroatoms. The average Bonchev–Trinajstić information content (AvgIpc) is 2.74. The molecule has 0 spiro atoms. The fourth-order valence-electron chi connectivity index (χ4n) is 3.66. The third-order valence-corrected chi connectivity index (χ3v) is 18.2. The molecule has 2 aliphatic rings. The van der Waals surface area contributed by atoms with E-state index >= 15 is 0 Å². The van der Waals surface area contributed by atoms with Gasteiger partial charge in [0.1, 0.15) is 0 Å². The van der Waals surface area contributed by atoms with Crippen LogP contribution in [0.4, 0.5) is 0 Å². The summed E-state index contributed by atoms with van der Waals surface area (Å²) in [5, 5.41) is 0. The molecule has 0 saturated heterocycles. The summed E-state index contributed by atoms with van der Waals surface area (Å²) in [6.45, 7) is 0. The average molecular weight is 338 g/mol. The van der Waals surface area contributed by atoms with E-state index in [0.29, 0.717) is 0 Å². The summed E-state index contributed by atoms with van der Waals surface area (Å²) in [5.74, 6) is 0. The zero-order valence-corrected chi connectivity index (χ0v) is 14.5. The minimum atomic E-state index is -2.58. The Kier molecular flexibility index (Phi) is 6.03. The van der Waals surface area contributed by atoms with E-state index in [2.05, 4.69) is 0 Å². The van der Waals surface area contributed by atoms with Gasteiger partial charge >= 0.3 is 118 Å². The quantitative estimate of drug-likeness (QED) is 0.406. The van der Waals surface area contributed by atoms with Crippen LogP contribution in [0.2, 0.25) is 9.50 Å². The summed E-state index contributed by atoms with van der Waals surface area (Å²) in [6, 6.07) is 0. The molecule has 0 radical (unpaired) electrons. The van der Waals surface area contributed by atoms with Crippen LogP contribution in [0.5, 0.6) is 0 Å². The molecule has 2 aliphatic carbocycles. The van der Waals surface area contributed by atoms with Crippen LogP contribution < -0.4 is 0 Å². The molecule has 0 heterocycles. The minimum absolute atomic E-state index is 0.740. The molecule has 0 nitrogen and oxygen atoms in total. The predicted molar refractivity (Wildman–Crippen MR) is 80.4 cm³/mol. The van der Waals surface area contributed by atoms with E-state index in [9.17, 15) is 0 Å². The van der Waals surface area contributed by atoms with Gasteiger partial charge in [0, 0.05) is 0 Å². The maximum absolute atomic E-state index is 6.99. The Morgan fingerprint density at radius 3 is 1.12 bits per heavy atom. The zero-order chi connectivity index (χ0) is 12.1. The molecule has 17 heavy (non-hydrogen) atoms. The Balaban J connectivity index is 1.98. The second kappa shape index (κ2) is 7.05. The summed E-state index contributed by atoms with van der Waals surface area (Å²) in [4.78, 5) is 0. The summed E-state index contributed by atoms with van der Waals surface area (Å²) < 4.78 is 1.48. The Morgan fingerprint density at radius 1 is 0.529 bits per heavy atom. The summed E-state index contributed by atoms with van der Waals surface area (Å²) in [6.07, 6.45) is 16.5. The Labute approximate surface area is 118 Å². The molecule has 0 aliphatic heterocycles. The van der Waals surface area contributed by atoms with Gasteiger partial charge in [0.25, 0.3) is 0 Å². The fourth-order valence-corrected chi connectivity index (χ4v) is 14.5. The van der Waals surface area contributed by atoms with Crippen molar-refractivity contribution < 1.29 is 0 Å². The fraction of sp³-hybridized carbons (Fsp3) is 1.00. The molecular formula is C14H26Cl2Ge. The first-order chi connectivity index (χ1) is 8.21. The van der Waals surface area contributed by atoms with Gasteiger partial charge in [-0.3, -0.25) is 0 Å². The second-order valence-corrected chi connectivity index (χ2v) is 19.8. The monoisotopic (exact) mass is 338 g/mol. The van der Waals surface area contributed by atoms with Crippen LogP contribution in [0.15, 0.2) is 0 Å². The predicted octanol–water partition coefficient (Wildman–Crippen LogP) is 6.36. The summed E-state index contributed by atoms with van der Waals surface area (Å²) in [7, 11) is 14.0. The summed E-state index contributed by atoms with van der Waals surface area (Å²) in [5.41, 5.74) is 0. The van der Waals surface area contributed by atoms with Gasteiger partial charge in [-0.15, -0.1) is 0 Å². The van der Waals surface area contributed by atoms with Crippen LogP contribution in [0.1, 0.15) is 77.0 Å². The topological polar surface area (TPSA) is 0 Å². The first-order valence-electron chi connectivity index (χ1n) is 7.59. The van der Waals surface area contributed by atoms with Crippen LogP contribution in [-0.4, -0.2) is 11.4 Å². The van der Waals surface area contributed by atoms with Crippen molar-refractivity contribution in [2.24, 2.45) is 0 Å². The first-order valence-corrected chi connectivity index (χ1v) is 15.5. The molecule has 0 unspecified atom stereocenters. The van der Waals surface area contributed by atoms with Gasteiger partial charge in [-0.2, -0.15) is 0 Å². The molecule has 0 aromatic heterocycles. The number of hydrogen-bond donors (Lipinski definition) is 0. The van der Waals surface area contributed by atoms with Gasteiger partial charge in [0.15, 0.2) is 0 Å². The molecule has 2 rings (SSSR count). The van der Waals surface area contributed by atoms with Crippen LogP contribution in [0.3, 0.4) is 0 Å². The van der Waals surface area contributed by atoms with Crippen molar-refractivity contribution in [1.82, 2.24) is 0 Å². The molecule has 100 valence electrons. The van der Waals surface area contributed by atoms with Gasteiger partial charge in [-0.05, 0) is 0 Å². The van der Waals surface area contributed by atoms with Crippen LogP contribution in [-0.2, 0) is 0 Å². The van der Waals surface area contributed by atoms with Crippen molar-refractivity contribution in [3.63, 3.8) is 0 Å². The van der Waals surface area contributed by atoms with E-state index in [-0.39, 0.29) is 0 Å². The molecule has 0 amide bonds. The molecular weight excluding hydrogens is 312 g/mol. The standard InChI is InChI=1S/C14H26Cl2Ge/c15-17(16,13-9-5-1-2-6-10-13)14-11-7-3-4-8-12-14/h13-14H,1-12H2. The SMILES string of the molecule is [Cl][Ge]([Cl])([CH]1CCCCCC1)[CH]1CCCCCC1. The third kappa shape index (κ3) is 4.04. The number of hydrogen-bond acceptors (Lipinski definition) is 0.